The lowest BCUT2D eigenvalue weighted by molar-refractivity contribution is -0.385. The zero-order valence-electron chi connectivity index (χ0n) is 11.1. The molecule has 5 heteroatoms. The predicted octanol–water partition coefficient (Wildman–Crippen LogP) is 3.59. The van der Waals surface area contributed by atoms with Crippen LogP contribution in [-0.4, -0.2) is 17.6 Å². The smallest absolute Gasteiger partial charge is 0.333 e. The van der Waals surface area contributed by atoms with E-state index in [1.807, 2.05) is 20.8 Å². The first-order valence-electron chi connectivity index (χ1n) is 6.26. The van der Waals surface area contributed by atoms with Gasteiger partial charge < -0.3 is 10.1 Å². The predicted molar refractivity (Wildman–Crippen MR) is 72.3 cm³/mol. The van der Waals surface area contributed by atoms with Gasteiger partial charge in [0.1, 0.15) is 5.69 Å². The lowest BCUT2D eigenvalue weighted by atomic mass is 10.2. The molecule has 0 heterocycles. The molecule has 1 N–H and O–H groups in total. The monoisotopic (exact) mass is 252 g/mol. The normalized spacial score (nSPS) is 11.9. The van der Waals surface area contributed by atoms with Crippen molar-refractivity contribution < 1.29 is 9.66 Å². The molecule has 0 spiro atoms. The fourth-order valence-corrected chi connectivity index (χ4v) is 1.52. The molecule has 1 rings (SSSR count). The third-order valence-corrected chi connectivity index (χ3v) is 2.66. The van der Waals surface area contributed by atoms with Crippen molar-refractivity contribution in [3.8, 4) is 5.75 Å². The number of nitrogens with zero attached hydrogens (tertiary/aromatic N) is 1. The summed E-state index contributed by atoms with van der Waals surface area (Å²) in [6.45, 7) is 6.46. The van der Waals surface area contributed by atoms with E-state index in [0.29, 0.717) is 18.0 Å². The lowest BCUT2D eigenvalue weighted by Gasteiger charge is -2.14. The highest BCUT2D eigenvalue weighted by atomic mass is 16.6. The van der Waals surface area contributed by atoms with Crippen molar-refractivity contribution in [2.75, 3.05) is 11.9 Å². The second kappa shape index (κ2) is 6.83. The van der Waals surface area contributed by atoms with E-state index in [1.165, 1.54) is 0 Å². The molecular formula is C13H20N2O3. The maximum Gasteiger partial charge on any atom is 0.333 e. The third-order valence-electron chi connectivity index (χ3n) is 2.66. The first kappa shape index (κ1) is 14.3. The summed E-state index contributed by atoms with van der Waals surface area (Å²) >= 11 is 0. The summed E-state index contributed by atoms with van der Waals surface area (Å²) in [5.41, 5.74) is 0.536. The van der Waals surface area contributed by atoms with Gasteiger partial charge in [-0.3, -0.25) is 10.1 Å². The molecule has 0 aromatic heterocycles. The molecule has 0 aliphatic heterocycles. The fourth-order valence-electron chi connectivity index (χ4n) is 1.52. The number of hydrogen-bond donors (Lipinski definition) is 1. The minimum Gasteiger partial charge on any atom is -0.487 e. The van der Waals surface area contributed by atoms with E-state index < -0.39 is 4.92 Å². The summed E-state index contributed by atoms with van der Waals surface area (Å²) in [5.74, 6) is 0.329. The minimum atomic E-state index is -0.393. The second-order valence-corrected chi connectivity index (χ2v) is 4.21. The van der Waals surface area contributed by atoms with Gasteiger partial charge in [0.15, 0.2) is 5.75 Å². The Balaban J connectivity index is 3.05. The average Bonchev–Trinajstić information content (AvgIpc) is 2.35. The zero-order chi connectivity index (χ0) is 13.5. The van der Waals surface area contributed by atoms with Crippen LogP contribution in [0.3, 0.4) is 0 Å². The molecule has 18 heavy (non-hydrogen) atoms. The number of ether oxygens (including phenoxy) is 1. The molecule has 0 aliphatic carbocycles. The van der Waals surface area contributed by atoms with Gasteiger partial charge in [-0.2, -0.15) is 0 Å². The quantitative estimate of drug-likeness (QED) is 0.595. The van der Waals surface area contributed by atoms with Crippen LogP contribution in [0.5, 0.6) is 5.75 Å². The summed E-state index contributed by atoms with van der Waals surface area (Å²) in [6, 6.07) is 5.30. The van der Waals surface area contributed by atoms with Crippen molar-refractivity contribution >= 4 is 11.4 Å². The Morgan fingerprint density at radius 3 is 2.72 bits per heavy atom. The highest BCUT2D eigenvalue weighted by Crippen LogP contribution is 2.35. The molecule has 0 aliphatic rings. The van der Waals surface area contributed by atoms with Gasteiger partial charge in [0.2, 0.25) is 0 Å². The Labute approximate surface area is 107 Å². The van der Waals surface area contributed by atoms with Gasteiger partial charge >= 0.3 is 5.69 Å². The number of anilines is 1. The Morgan fingerprint density at radius 2 is 2.17 bits per heavy atom. The number of para-hydroxylation sites is 1. The highest BCUT2D eigenvalue weighted by Gasteiger charge is 2.21. The van der Waals surface area contributed by atoms with Gasteiger partial charge in [-0.05, 0) is 31.9 Å². The maximum absolute atomic E-state index is 11.2. The molecule has 5 nitrogen and oxygen atoms in total. The molecule has 0 fully saturated rings. The molecule has 0 bridgehead atoms. The number of nitro benzene ring substituents is 1. The van der Waals surface area contributed by atoms with E-state index in [2.05, 4.69) is 5.32 Å². The first-order chi connectivity index (χ1) is 8.60. The topological polar surface area (TPSA) is 64.4 Å². The first-order valence-corrected chi connectivity index (χ1v) is 6.26. The maximum atomic E-state index is 11.2. The van der Waals surface area contributed by atoms with E-state index in [1.54, 1.807) is 18.2 Å². The molecular weight excluding hydrogens is 232 g/mol. The van der Waals surface area contributed by atoms with Gasteiger partial charge in [-0.15, -0.1) is 0 Å². The van der Waals surface area contributed by atoms with Crippen LogP contribution < -0.4 is 10.1 Å². The van der Waals surface area contributed by atoms with Crippen LogP contribution in [0.25, 0.3) is 0 Å². The highest BCUT2D eigenvalue weighted by molar-refractivity contribution is 5.68. The second-order valence-electron chi connectivity index (χ2n) is 4.21. The van der Waals surface area contributed by atoms with Gasteiger partial charge in [0.25, 0.3) is 0 Å². The summed E-state index contributed by atoms with van der Waals surface area (Å²) in [4.78, 5) is 10.8. The van der Waals surface area contributed by atoms with E-state index in [0.717, 1.165) is 12.8 Å². The van der Waals surface area contributed by atoms with Crippen molar-refractivity contribution in [1.29, 1.82) is 0 Å². The van der Waals surface area contributed by atoms with E-state index in [-0.39, 0.29) is 11.7 Å². The molecule has 1 atom stereocenters. The SMILES string of the molecule is CCCOc1cccc(NC(C)CC)c1[N+](=O)[O-]. The van der Waals surface area contributed by atoms with Crippen molar-refractivity contribution in [2.24, 2.45) is 0 Å². The van der Waals surface area contributed by atoms with Gasteiger partial charge in [-0.25, -0.2) is 0 Å². The van der Waals surface area contributed by atoms with Gasteiger partial charge in [0.05, 0.1) is 11.5 Å². The van der Waals surface area contributed by atoms with Crippen LogP contribution in [0.2, 0.25) is 0 Å². The average molecular weight is 252 g/mol. The summed E-state index contributed by atoms with van der Waals surface area (Å²) in [5, 5.41) is 14.3. The lowest BCUT2D eigenvalue weighted by Crippen LogP contribution is -2.15. The summed E-state index contributed by atoms with van der Waals surface area (Å²) in [7, 11) is 0. The Morgan fingerprint density at radius 1 is 1.44 bits per heavy atom. The van der Waals surface area contributed by atoms with Crippen molar-refractivity contribution in [3.05, 3.63) is 28.3 Å². The zero-order valence-corrected chi connectivity index (χ0v) is 11.1. The number of hydrogen-bond acceptors (Lipinski definition) is 4. The number of benzene rings is 1. The van der Waals surface area contributed by atoms with Crippen molar-refractivity contribution in [2.45, 2.75) is 39.7 Å². The molecule has 0 radical (unpaired) electrons. The number of nitrogens with one attached hydrogen (secondary N) is 1. The Kier molecular flexibility index (Phi) is 5.42. The van der Waals surface area contributed by atoms with Crippen LogP contribution >= 0.6 is 0 Å². The van der Waals surface area contributed by atoms with Crippen LogP contribution in [0.1, 0.15) is 33.6 Å². The van der Waals surface area contributed by atoms with E-state index >= 15 is 0 Å². The summed E-state index contributed by atoms with van der Waals surface area (Å²) < 4.78 is 5.42. The Hall–Kier alpha value is -1.78. The molecule has 0 amide bonds. The molecule has 0 saturated heterocycles. The standard InChI is InChI=1S/C13H20N2O3/c1-4-9-18-12-8-6-7-11(13(12)15(16)17)14-10(3)5-2/h6-8,10,14H,4-5,9H2,1-3H3. The van der Waals surface area contributed by atoms with Crippen LogP contribution in [-0.2, 0) is 0 Å². The van der Waals surface area contributed by atoms with Crippen molar-refractivity contribution in [3.63, 3.8) is 0 Å². The molecule has 1 unspecified atom stereocenters. The number of nitro groups is 1. The van der Waals surface area contributed by atoms with Crippen LogP contribution in [0.4, 0.5) is 11.4 Å². The molecule has 0 saturated carbocycles. The summed E-state index contributed by atoms with van der Waals surface area (Å²) in [6.07, 6.45) is 1.72. The molecule has 1 aromatic rings. The number of rotatable bonds is 7. The van der Waals surface area contributed by atoms with Crippen LogP contribution in [0.15, 0.2) is 18.2 Å². The third kappa shape index (κ3) is 3.61. The molecule has 100 valence electrons. The van der Waals surface area contributed by atoms with Gasteiger partial charge in [-0.1, -0.05) is 19.9 Å². The largest absolute Gasteiger partial charge is 0.487 e. The molecule has 1 aromatic carbocycles. The van der Waals surface area contributed by atoms with E-state index in [4.69, 9.17) is 4.74 Å². The fraction of sp³-hybridized carbons (Fsp3) is 0.538. The Bertz CT molecular complexity index is 407. The van der Waals surface area contributed by atoms with Crippen molar-refractivity contribution in [1.82, 2.24) is 0 Å². The van der Waals surface area contributed by atoms with Gasteiger partial charge in [0, 0.05) is 6.04 Å². The minimum absolute atomic E-state index is 0.0197. The van der Waals surface area contributed by atoms with E-state index in [9.17, 15) is 10.1 Å². The van der Waals surface area contributed by atoms with Crippen LogP contribution in [0, 0.1) is 10.1 Å².